The van der Waals surface area contributed by atoms with Crippen molar-refractivity contribution in [3.05, 3.63) is 54.1 Å². The van der Waals surface area contributed by atoms with Gasteiger partial charge in [-0.1, -0.05) is 26.0 Å². The predicted octanol–water partition coefficient (Wildman–Crippen LogP) is 2.00. The molecule has 172 valence electrons. The zero-order valence-corrected chi connectivity index (χ0v) is 19.5. The number of sulfonamides is 1. The van der Waals surface area contributed by atoms with Crippen LogP contribution in [0.1, 0.15) is 30.6 Å². The Bertz CT molecular complexity index is 1100. The number of carbonyl (C=O) groups excluding carboxylic acids is 2. The molecule has 1 atom stereocenters. The SMILES string of the molecule is COc1cccc(C(=O)NC(=S)Nc2cccc(S(=O)(=O)NC(=O)[C@@H](N)CC(C)C)c2)c1. The first kappa shape index (κ1) is 25.2. The number of rotatable bonds is 8. The molecule has 0 saturated heterocycles. The van der Waals surface area contributed by atoms with E-state index in [2.05, 4.69) is 10.6 Å². The highest BCUT2D eigenvalue weighted by atomic mass is 32.2. The van der Waals surface area contributed by atoms with Crippen LogP contribution in [0.2, 0.25) is 0 Å². The molecular weight excluding hydrogens is 452 g/mol. The van der Waals surface area contributed by atoms with Gasteiger partial charge in [-0.3, -0.25) is 14.9 Å². The van der Waals surface area contributed by atoms with Crippen LogP contribution < -0.4 is 25.8 Å². The highest BCUT2D eigenvalue weighted by Crippen LogP contribution is 2.16. The van der Waals surface area contributed by atoms with Gasteiger partial charge >= 0.3 is 0 Å². The Morgan fingerprint density at radius 1 is 1.12 bits per heavy atom. The molecule has 0 saturated carbocycles. The maximum absolute atomic E-state index is 12.6. The third kappa shape index (κ3) is 7.29. The molecule has 32 heavy (non-hydrogen) atoms. The number of hydrogen-bond donors (Lipinski definition) is 4. The Balaban J connectivity index is 2.06. The van der Waals surface area contributed by atoms with Crippen LogP contribution in [0.25, 0.3) is 0 Å². The summed E-state index contributed by atoms with van der Waals surface area (Å²) in [5.41, 5.74) is 6.40. The second-order valence-corrected chi connectivity index (χ2v) is 9.46. The first-order valence-electron chi connectivity index (χ1n) is 9.70. The van der Waals surface area contributed by atoms with Crippen molar-refractivity contribution in [2.45, 2.75) is 31.2 Å². The van der Waals surface area contributed by atoms with Crippen LogP contribution in [-0.4, -0.2) is 38.5 Å². The van der Waals surface area contributed by atoms with E-state index in [1.165, 1.54) is 25.3 Å². The minimum atomic E-state index is -4.14. The van der Waals surface area contributed by atoms with Crippen LogP contribution in [0.3, 0.4) is 0 Å². The van der Waals surface area contributed by atoms with Gasteiger partial charge in [0.15, 0.2) is 5.11 Å². The predicted molar refractivity (Wildman–Crippen MR) is 126 cm³/mol. The fourth-order valence-corrected chi connectivity index (χ4v) is 4.01. The van der Waals surface area contributed by atoms with E-state index < -0.39 is 27.9 Å². The van der Waals surface area contributed by atoms with Gasteiger partial charge in [-0.05, 0) is 61.0 Å². The van der Waals surface area contributed by atoms with E-state index in [4.69, 9.17) is 22.7 Å². The molecule has 0 radical (unpaired) electrons. The summed E-state index contributed by atoms with van der Waals surface area (Å²) in [6.07, 6.45) is 0.351. The lowest BCUT2D eigenvalue weighted by Crippen LogP contribution is -2.44. The van der Waals surface area contributed by atoms with E-state index in [-0.39, 0.29) is 15.9 Å². The molecule has 0 unspecified atom stereocenters. The molecule has 0 bridgehead atoms. The van der Waals surface area contributed by atoms with Crippen LogP contribution >= 0.6 is 12.2 Å². The number of nitrogens with one attached hydrogen (secondary N) is 3. The number of carbonyl (C=O) groups is 2. The number of benzene rings is 2. The zero-order chi connectivity index (χ0) is 23.9. The van der Waals surface area contributed by atoms with E-state index in [0.29, 0.717) is 23.4 Å². The summed E-state index contributed by atoms with van der Waals surface area (Å²) >= 11 is 5.14. The third-order valence-electron chi connectivity index (χ3n) is 4.26. The number of anilines is 1. The largest absolute Gasteiger partial charge is 0.497 e. The molecule has 0 aliphatic carbocycles. The topological polar surface area (TPSA) is 140 Å². The minimum absolute atomic E-state index is 0.0321. The fraction of sp³-hybridized carbons (Fsp3) is 0.286. The highest BCUT2D eigenvalue weighted by molar-refractivity contribution is 7.90. The molecule has 0 heterocycles. The average Bonchev–Trinajstić information content (AvgIpc) is 2.73. The van der Waals surface area contributed by atoms with Crippen LogP contribution in [0.4, 0.5) is 5.69 Å². The summed E-state index contributed by atoms with van der Waals surface area (Å²) in [7, 11) is -2.65. The molecule has 0 aliphatic rings. The summed E-state index contributed by atoms with van der Waals surface area (Å²) in [5, 5.41) is 5.23. The molecule has 11 heteroatoms. The molecule has 0 aliphatic heterocycles. The Kier molecular flexibility index (Phi) is 8.70. The van der Waals surface area contributed by atoms with Gasteiger partial charge < -0.3 is 15.8 Å². The second kappa shape index (κ2) is 11.0. The van der Waals surface area contributed by atoms with Gasteiger partial charge in [0.1, 0.15) is 5.75 Å². The Hall–Kier alpha value is -3.02. The quantitative estimate of drug-likeness (QED) is 0.423. The van der Waals surface area contributed by atoms with E-state index in [1.54, 1.807) is 30.3 Å². The van der Waals surface area contributed by atoms with Gasteiger partial charge in [-0.25, -0.2) is 13.1 Å². The first-order chi connectivity index (χ1) is 15.0. The number of hydrogen-bond acceptors (Lipinski definition) is 7. The first-order valence-corrected chi connectivity index (χ1v) is 11.6. The van der Waals surface area contributed by atoms with Gasteiger partial charge in [0.25, 0.3) is 21.8 Å². The monoisotopic (exact) mass is 478 g/mol. The van der Waals surface area contributed by atoms with Gasteiger partial charge in [-0.15, -0.1) is 0 Å². The summed E-state index contributed by atoms with van der Waals surface area (Å²) in [5.74, 6) is -0.585. The van der Waals surface area contributed by atoms with Crippen molar-refractivity contribution < 1.29 is 22.7 Å². The maximum Gasteiger partial charge on any atom is 0.264 e. The van der Waals surface area contributed by atoms with Crippen LogP contribution in [0, 0.1) is 5.92 Å². The smallest absolute Gasteiger partial charge is 0.264 e. The average molecular weight is 479 g/mol. The molecule has 0 fully saturated rings. The lowest BCUT2D eigenvalue weighted by atomic mass is 10.0. The number of methoxy groups -OCH3 is 1. The molecule has 2 rings (SSSR count). The van der Waals surface area contributed by atoms with E-state index in [0.717, 1.165) is 0 Å². The zero-order valence-electron chi connectivity index (χ0n) is 17.9. The molecule has 2 aromatic rings. The second-order valence-electron chi connectivity index (χ2n) is 7.37. The minimum Gasteiger partial charge on any atom is -0.497 e. The molecule has 2 aromatic carbocycles. The summed E-state index contributed by atoms with van der Waals surface area (Å²) in [6, 6.07) is 11.2. The Morgan fingerprint density at radius 2 is 1.81 bits per heavy atom. The van der Waals surface area contributed by atoms with Crippen molar-refractivity contribution in [3.8, 4) is 5.75 Å². The molecule has 2 amide bonds. The lowest BCUT2D eigenvalue weighted by molar-refractivity contribution is -0.120. The van der Waals surface area contributed by atoms with E-state index in [1.807, 2.05) is 18.6 Å². The van der Waals surface area contributed by atoms with Crippen molar-refractivity contribution in [3.63, 3.8) is 0 Å². The normalized spacial score (nSPS) is 12.0. The summed E-state index contributed by atoms with van der Waals surface area (Å²) in [6.45, 7) is 3.76. The maximum atomic E-state index is 12.6. The van der Waals surface area contributed by atoms with Crippen LogP contribution in [0.5, 0.6) is 5.75 Å². The van der Waals surface area contributed by atoms with Crippen molar-refractivity contribution in [1.82, 2.24) is 10.0 Å². The number of ether oxygens (including phenoxy) is 1. The highest BCUT2D eigenvalue weighted by Gasteiger charge is 2.23. The van der Waals surface area contributed by atoms with Gasteiger partial charge in [-0.2, -0.15) is 0 Å². The number of amides is 2. The summed E-state index contributed by atoms with van der Waals surface area (Å²) in [4.78, 5) is 24.3. The van der Waals surface area contributed by atoms with Crippen molar-refractivity contribution in [2.24, 2.45) is 11.7 Å². The van der Waals surface area contributed by atoms with Crippen molar-refractivity contribution in [2.75, 3.05) is 12.4 Å². The molecule has 9 nitrogen and oxygen atoms in total. The fourth-order valence-electron chi connectivity index (χ4n) is 2.72. The molecule has 0 aromatic heterocycles. The van der Waals surface area contributed by atoms with E-state index >= 15 is 0 Å². The Labute approximate surface area is 192 Å². The number of thiocarbonyl (C=S) groups is 1. The van der Waals surface area contributed by atoms with Gasteiger partial charge in [0.2, 0.25) is 0 Å². The van der Waals surface area contributed by atoms with Crippen LogP contribution in [0.15, 0.2) is 53.4 Å². The van der Waals surface area contributed by atoms with Gasteiger partial charge in [0, 0.05) is 11.3 Å². The van der Waals surface area contributed by atoms with Gasteiger partial charge in [0.05, 0.1) is 18.0 Å². The standard InChI is InChI=1S/C21H26N4O5S2/c1-13(2)10-18(22)20(27)25-32(28,29)17-9-5-7-15(12-17)23-21(31)24-19(26)14-6-4-8-16(11-14)30-3/h4-9,11-13,18H,10,22H2,1-3H3,(H,25,27)(H2,23,24,26,31)/t18-/m0/s1. The van der Waals surface area contributed by atoms with Crippen molar-refractivity contribution >= 4 is 44.9 Å². The molecule has 0 spiro atoms. The number of nitrogens with two attached hydrogens (primary N) is 1. The Morgan fingerprint density at radius 3 is 2.47 bits per heavy atom. The molecule has 5 N–H and O–H groups in total. The van der Waals surface area contributed by atoms with Crippen LogP contribution in [-0.2, 0) is 14.8 Å². The third-order valence-corrected chi connectivity index (χ3v) is 5.81. The summed E-state index contributed by atoms with van der Waals surface area (Å²) < 4.78 is 32.2. The van der Waals surface area contributed by atoms with Crippen molar-refractivity contribution in [1.29, 1.82) is 0 Å². The van der Waals surface area contributed by atoms with E-state index in [9.17, 15) is 18.0 Å². The molecular formula is C21H26N4O5S2. The lowest BCUT2D eigenvalue weighted by Gasteiger charge is -2.15.